The highest BCUT2D eigenvalue weighted by atomic mass is 35.5. The summed E-state index contributed by atoms with van der Waals surface area (Å²) in [5, 5.41) is 12.3. The molecule has 6 heteroatoms. The van der Waals surface area contributed by atoms with E-state index in [2.05, 4.69) is 53.1 Å². The van der Waals surface area contributed by atoms with Crippen molar-refractivity contribution in [3.05, 3.63) is 35.9 Å². The van der Waals surface area contributed by atoms with Crippen molar-refractivity contribution in [1.29, 1.82) is 0 Å². The molecule has 0 unspecified atom stereocenters. The summed E-state index contributed by atoms with van der Waals surface area (Å²) in [6.45, 7) is 10.2. The molecular formula is C15H26ClN5. The molecule has 0 aromatic carbocycles. The van der Waals surface area contributed by atoms with E-state index in [4.69, 9.17) is 0 Å². The highest BCUT2D eigenvalue weighted by Crippen LogP contribution is 2.04. The minimum absolute atomic E-state index is 0. The van der Waals surface area contributed by atoms with E-state index in [0.717, 1.165) is 38.3 Å². The largest absolute Gasteiger partial charge is 0.305 e. The average molecular weight is 312 g/mol. The summed E-state index contributed by atoms with van der Waals surface area (Å²) >= 11 is 0. The molecule has 0 aliphatic rings. The van der Waals surface area contributed by atoms with Crippen molar-refractivity contribution >= 4 is 12.4 Å². The Kier molecular flexibility index (Phi) is 7.47. The number of hydrogen-bond acceptors (Lipinski definition) is 3. The van der Waals surface area contributed by atoms with Crippen LogP contribution in [-0.4, -0.2) is 19.6 Å². The van der Waals surface area contributed by atoms with Crippen molar-refractivity contribution in [2.45, 2.75) is 53.4 Å². The van der Waals surface area contributed by atoms with E-state index in [1.165, 1.54) is 5.69 Å². The average Bonchev–Trinajstić information content (AvgIpc) is 3.00. The van der Waals surface area contributed by atoms with Crippen LogP contribution in [-0.2, 0) is 26.2 Å². The van der Waals surface area contributed by atoms with Crippen molar-refractivity contribution in [3.8, 4) is 0 Å². The van der Waals surface area contributed by atoms with E-state index in [9.17, 15) is 0 Å². The molecule has 0 amide bonds. The van der Waals surface area contributed by atoms with Gasteiger partial charge in [-0.15, -0.1) is 12.4 Å². The number of rotatable bonds is 8. The second-order valence-electron chi connectivity index (χ2n) is 5.57. The van der Waals surface area contributed by atoms with E-state index >= 15 is 0 Å². The Morgan fingerprint density at radius 2 is 2.05 bits per heavy atom. The van der Waals surface area contributed by atoms with Crippen molar-refractivity contribution in [1.82, 2.24) is 24.9 Å². The predicted molar refractivity (Wildman–Crippen MR) is 87.4 cm³/mol. The minimum atomic E-state index is 0. The van der Waals surface area contributed by atoms with Crippen LogP contribution in [0.4, 0.5) is 0 Å². The molecule has 21 heavy (non-hydrogen) atoms. The highest BCUT2D eigenvalue weighted by Gasteiger charge is 2.05. The van der Waals surface area contributed by atoms with Crippen LogP contribution in [0.1, 0.15) is 38.6 Å². The molecule has 0 atom stereocenters. The Bertz CT molecular complexity index is 518. The van der Waals surface area contributed by atoms with Crippen LogP contribution >= 0.6 is 12.4 Å². The molecule has 0 spiro atoms. The van der Waals surface area contributed by atoms with Gasteiger partial charge in [0.2, 0.25) is 0 Å². The topological polar surface area (TPSA) is 47.7 Å². The molecule has 118 valence electrons. The Labute approximate surface area is 133 Å². The summed E-state index contributed by atoms with van der Waals surface area (Å²) in [6, 6.07) is 4.15. The lowest BCUT2D eigenvalue weighted by atomic mass is 10.2. The molecule has 0 saturated heterocycles. The number of nitrogens with zero attached hydrogens (tertiary/aromatic N) is 4. The summed E-state index contributed by atoms with van der Waals surface area (Å²) in [6.07, 6.45) is 5.03. The van der Waals surface area contributed by atoms with Gasteiger partial charge in [-0.3, -0.25) is 9.36 Å². The molecule has 5 nitrogen and oxygen atoms in total. The van der Waals surface area contributed by atoms with Crippen molar-refractivity contribution in [3.63, 3.8) is 0 Å². The van der Waals surface area contributed by atoms with Crippen LogP contribution in [0.25, 0.3) is 0 Å². The maximum Gasteiger partial charge on any atom is 0.0762 e. The number of nitrogens with one attached hydrogen (secondary N) is 1. The summed E-state index contributed by atoms with van der Waals surface area (Å²) in [5.41, 5.74) is 2.32. The smallest absolute Gasteiger partial charge is 0.0762 e. The van der Waals surface area contributed by atoms with Gasteiger partial charge < -0.3 is 5.32 Å². The molecule has 0 fully saturated rings. The molecular weight excluding hydrogens is 286 g/mol. The van der Waals surface area contributed by atoms with Gasteiger partial charge in [0, 0.05) is 38.6 Å². The molecule has 0 bridgehead atoms. The zero-order valence-corrected chi connectivity index (χ0v) is 13.9. The minimum Gasteiger partial charge on any atom is -0.305 e. The summed E-state index contributed by atoms with van der Waals surface area (Å²) < 4.78 is 4.08. The molecule has 2 heterocycles. The standard InChI is InChI=1S/C15H25N5.ClH/c1-4-8-19-9-6-14(18-19)10-16-11-15-5-7-17-20(15)12-13(2)3;/h5-7,9,13,16H,4,8,10-12H2,1-3H3;1H. The molecule has 1 N–H and O–H groups in total. The Balaban J connectivity index is 0.00000220. The van der Waals surface area contributed by atoms with Crippen LogP contribution in [0.2, 0.25) is 0 Å². The lowest BCUT2D eigenvalue weighted by Gasteiger charge is -2.10. The van der Waals surface area contributed by atoms with Crippen LogP contribution in [0, 0.1) is 5.92 Å². The van der Waals surface area contributed by atoms with Gasteiger partial charge >= 0.3 is 0 Å². The first-order valence-electron chi connectivity index (χ1n) is 7.42. The van der Waals surface area contributed by atoms with Gasteiger partial charge in [-0.05, 0) is 24.5 Å². The van der Waals surface area contributed by atoms with Crippen molar-refractivity contribution in [2.75, 3.05) is 0 Å². The van der Waals surface area contributed by atoms with Gasteiger partial charge in [0.25, 0.3) is 0 Å². The number of hydrogen-bond donors (Lipinski definition) is 1. The first kappa shape index (κ1) is 17.7. The molecule has 0 aliphatic heterocycles. The zero-order chi connectivity index (χ0) is 14.4. The molecule has 2 rings (SSSR count). The fraction of sp³-hybridized carbons (Fsp3) is 0.600. The van der Waals surface area contributed by atoms with E-state index in [0.29, 0.717) is 5.92 Å². The van der Waals surface area contributed by atoms with Crippen LogP contribution in [0.3, 0.4) is 0 Å². The first-order chi connectivity index (χ1) is 9.69. The second kappa shape index (κ2) is 8.85. The van der Waals surface area contributed by atoms with Crippen molar-refractivity contribution < 1.29 is 0 Å². The molecule has 2 aromatic heterocycles. The SMILES string of the molecule is CCCn1ccc(CNCc2ccnn2CC(C)C)n1.Cl. The zero-order valence-electron chi connectivity index (χ0n) is 13.1. The first-order valence-corrected chi connectivity index (χ1v) is 7.42. The van der Waals surface area contributed by atoms with Gasteiger partial charge in [0.05, 0.1) is 11.4 Å². The maximum atomic E-state index is 4.52. The van der Waals surface area contributed by atoms with Crippen LogP contribution < -0.4 is 5.32 Å². The van der Waals surface area contributed by atoms with Crippen LogP contribution in [0.5, 0.6) is 0 Å². The number of halogens is 1. The van der Waals surface area contributed by atoms with Gasteiger partial charge in [0.15, 0.2) is 0 Å². The third-order valence-electron chi connectivity index (χ3n) is 3.10. The fourth-order valence-electron chi connectivity index (χ4n) is 2.19. The van der Waals surface area contributed by atoms with Gasteiger partial charge in [-0.2, -0.15) is 10.2 Å². The van der Waals surface area contributed by atoms with E-state index in [-0.39, 0.29) is 12.4 Å². The molecule has 0 radical (unpaired) electrons. The number of aryl methyl sites for hydroxylation is 1. The number of aromatic nitrogens is 4. The molecule has 2 aromatic rings. The molecule has 0 aliphatic carbocycles. The Hall–Kier alpha value is -1.33. The molecule has 0 saturated carbocycles. The second-order valence-corrected chi connectivity index (χ2v) is 5.57. The van der Waals surface area contributed by atoms with E-state index < -0.39 is 0 Å². The lowest BCUT2D eigenvalue weighted by molar-refractivity contribution is 0.460. The third kappa shape index (κ3) is 5.52. The predicted octanol–water partition coefficient (Wildman–Crippen LogP) is 2.86. The highest BCUT2D eigenvalue weighted by molar-refractivity contribution is 5.85. The van der Waals surface area contributed by atoms with Crippen molar-refractivity contribution in [2.24, 2.45) is 5.92 Å². The lowest BCUT2D eigenvalue weighted by Crippen LogP contribution is -2.18. The van der Waals surface area contributed by atoms with Gasteiger partial charge in [0.1, 0.15) is 0 Å². The third-order valence-corrected chi connectivity index (χ3v) is 3.10. The maximum absolute atomic E-state index is 4.52. The Morgan fingerprint density at radius 3 is 2.76 bits per heavy atom. The quantitative estimate of drug-likeness (QED) is 0.815. The normalized spacial score (nSPS) is 10.9. The Morgan fingerprint density at radius 1 is 1.24 bits per heavy atom. The van der Waals surface area contributed by atoms with E-state index in [1.54, 1.807) is 0 Å². The summed E-state index contributed by atoms with van der Waals surface area (Å²) in [5.74, 6) is 0.610. The van der Waals surface area contributed by atoms with E-state index in [1.807, 2.05) is 17.1 Å². The summed E-state index contributed by atoms with van der Waals surface area (Å²) in [7, 11) is 0. The van der Waals surface area contributed by atoms with Gasteiger partial charge in [-0.1, -0.05) is 20.8 Å². The fourth-order valence-corrected chi connectivity index (χ4v) is 2.19. The monoisotopic (exact) mass is 311 g/mol. The van der Waals surface area contributed by atoms with Gasteiger partial charge in [-0.25, -0.2) is 0 Å². The van der Waals surface area contributed by atoms with Crippen LogP contribution in [0.15, 0.2) is 24.5 Å². The summed E-state index contributed by atoms with van der Waals surface area (Å²) in [4.78, 5) is 0.